The topological polar surface area (TPSA) is 91.7 Å². The molecule has 8 nitrogen and oxygen atoms in total. The lowest BCUT2D eigenvalue weighted by Crippen LogP contribution is -2.67. The number of carbonyl (C=O) groups is 2. The van der Waals surface area contributed by atoms with Crippen molar-refractivity contribution >= 4 is 50.0 Å². The van der Waals surface area contributed by atoms with Gasteiger partial charge < -0.3 is 19.7 Å². The van der Waals surface area contributed by atoms with Crippen molar-refractivity contribution < 1.29 is 18.0 Å². The summed E-state index contributed by atoms with van der Waals surface area (Å²) in [5.41, 5.74) is 2.89. The van der Waals surface area contributed by atoms with E-state index >= 15 is 0 Å². The molecule has 1 fully saturated rings. The summed E-state index contributed by atoms with van der Waals surface area (Å²) in [5.74, 6) is 0.0658. The van der Waals surface area contributed by atoms with Crippen molar-refractivity contribution in [3.8, 4) is 0 Å². The first-order valence-electron chi connectivity index (χ1n) is 12.4. The molecule has 3 amide bonds. The van der Waals surface area contributed by atoms with E-state index < -0.39 is 15.3 Å². The number of rotatable bonds is 7. The summed E-state index contributed by atoms with van der Waals surface area (Å²) >= 11 is 6.25. The van der Waals surface area contributed by atoms with E-state index in [2.05, 4.69) is 9.88 Å². The number of hydrogen-bond acceptors (Lipinski definition) is 4. The molecule has 5 rings (SSSR count). The molecule has 0 atom stereocenters. The molecular formula is C27H31ClN4O4S. The molecule has 3 aromatic rings. The minimum atomic E-state index is -3.09. The van der Waals surface area contributed by atoms with E-state index in [9.17, 15) is 18.0 Å². The summed E-state index contributed by atoms with van der Waals surface area (Å²) in [6, 6.07) is 15.3. The molecule has 3 heterocycles. The number of aryl methyl sites for hydroxylation is 1. The molecule has 0 bridgehead atoms. The summed E-state index contributed by atoms with van der Waals surface area (Å²) in [6.07, 6.45) is 1.71. The Labute approximate surface area is 222 Å². The number of para-hydroxylation sites is 1. The van der Waals surface area contributed by atoms with Crippen molar-refractivity contribution in [2.75, 3.05) is 30.0 Å². The van der Waals surface area contributed by atoms with E-state index in [1.807, 2.05) is 62.4 Å². The van der Waals surface area contributed by atoms with Crippen molar-refractivity contribution in [1.82, 2.24) is 14.8 Å². The van der Waals surface area contributed by atoms with Gasteiger partial charge in [-0.15, -0.1) is 0 Å². The highest BCUT2D eigenvalue weighted by Crippen LogP contribution is 2.48. The number of nitrogens with one attached hydrogen (secondary N) is 1. The molecule has 196 valence electrons. The molecule has 0 aliphatic carbocycles. The first-order valence-corrected chi connectivity index (χ1v) is 14.8. The second-order valence-electron chi connectivity index (χ2n) is 10.4. The van der Waals surface area contributed by atoms with Crippen LogP contribution in [0.25, 0.3) is 10.9 Å². The number of anilines is 1. The lowest BCUT2D eigenvalue weighted by Gasteiger charge is -2.46. The van der Waals surface area contributed by atoms with Gasteiger partial charge in [0.15, 0.2) is 0 Å². The van der Waals surface area contributed by atoms with Crippen LogP contribution in [0.5, 0.6) is 0 Å². The summed E-state index contributed by atoms with van der Waals surface area (Å²) in [7, 11) is -3.09. The Hall–Kier alpha value is -3.04. The first kappa shape index (κ1) is 25.6. The van der Waals surface area contributed by atoms with Crippen LogP contribution in [0.2, 0.25) is 5.02 Å². The van der Waals surface area contributed by atoms with Crippen LogP contribution < -0.4 is 10.2 Å². The van der Waals surface area contributed by atoms with Crippen molar-refractivity contribution in [3.63, 3.8) is 0 Å². The van der Waals surface area contributed by atoms with Gasteiger partial charge in [0, 0.05) is 59.2 Å². The number of halogens is 1. The summed E-state index contributed by atoms with van der Waals surface area (Å²) in [4.78, 5) is 30.0. The summed E-state index contributed by atoms with van der Waals surface area (Å²) < 4.78 is 25.6. The van der Waals surface area contributed by atoms with Gasteiger partial charge in [-0.1, -0.05) is 29.8 Å². The number of aromatic nitrogens is 1. The number of sulfone groups is 1. The highest BCUT2D eigenvalue weighted by atomic mass is 35.5. The third-order valence-electron chi connectivity index (χ3n) is 7.15. The Balaban J connectivity index is 1.46. The molecule has 1 N–H and O–H groups in total. The van der Waals surface area contributed by atoms with Gasteiger partial charge in [-0.05, 0) is 56.2 Å². The minimum absolute atomic E-state index is 0.0187. The maximum Gasteiger partial charge on any atom is 0.317 e. The van der Waals surface area contributed by atoms with E-state index in [0.717, 1.165) is 27.8 Å². The van der Waals surface area contributed by atoms with E-state index in [4.69, 9.17) is 11.6 Å². The van der Waals surface area contributed by atoms with Gasteiger partial charge in [0.05, 0.1) is 12.3 Å². The number of urea groups is 1. The Morgan fingerprint density at radius 3 is 2.57 bits per heavy atom. The third-order valence-corrected chi connectivity index (χ3v) is 8.42. The Morgan fingerprint density at radius 1 is 1.14 bits per heavy atom. The van der Waals surface area contributed by atoms with E-state index in [0.29, 0.717) is 37.6 Å². The Bertz CT molecular complexity index is 1490. The van der Waals surface area contributed by atoms with Crippen LogP contribution in [0.3, 0.4) is 0 Å². The number of fused-ring (bicyclic) bond motifs is 3. The molecule has 37 heavy (non-hydrogen) atoms. The predicted octanol–water partition coefficient (Wildman–Crippen LogP) is 3.95. The fraction of sp³-hybridized carbons (Fsp3) is 0.407. The van der Waals surface area contributed by atoms with E-state index in [-0.39, 0.29) is 23.7 Å². The molecule has 10 heteroatoms. The second kappa shape index (κ2) is 9.36. The molecule has 2 aliphatic rings. The molecule has 0 radical (unpaired) electrons. The van der Waals surface area contributed by atoms with Gasteiger partial charge >= 0.3 is 6.03 Å². The zero-order valence-corrected chi connectivity index (χ0v) is 22.8. The average molecular weight is 543 g/mol. The number of amides is 3. The fourth-order valence-electron chi connectivity index (χ4n) is 5.49. The maximum absolute atomic E-state index is 13.9. The molecule has 1 aromatic heterocycles. The zero-order valence-electron chi connectivity index (χ0n) is 21.2. The highest BCUT2D eigenvalue weighted by molar-refractivity contribution is 7.90. The molecule has 2 aromatic carbocycles. The SMILES string of the molecule is CC(C)NC(=O)N1CC2(C1)C(=O)N(Cc1cc3cc(Cl)ccc3n1CCCS(C)(=O)=O)c1ccccc12. The smallest absolute Gasteiger partial charge is 0.317 e. The van der Waals surface area contributed by atoms with Crippen LogP contribution in [-0.4, -0.2) is 61.0 Å². The van der Waals surface area contributed by atoms with E-state index in [1.54, 1.807) is 9.80 Å². The van der Waals surface area contributed by atoms with Crippen LogP contribution in [0.4, 0.5) is 10.5 Å². The van der Waals surface area contributed by atoms with Crippen molar-refractivity contribution in [3.05, 3.63) is 64.8 Å². The molecule has 0 saturated carbocycles. The predicted molar refractivity (Wildman–Crippen MR) is 146 cm³/mol. The zero-order chi connectivity index (χ0) is 26.5. The Kier molecular flexibility index (Phi) is 6.48. The lowest BCUT2D eigenvalue weighted by molar-refractivity contribution is -0.127. The third kappa shape index (κ3) is 4.70. The highest BCUT2D eigenvalue weighted by Gasteiger charge is 2.59. The van der Waals surface area contributed by atoms with Gasteiger partial charge in [0.1, 0.15) is 15.3 Å². The molecule has 1 saturated heterocycles. The fourth-order valence-corrected chi connectivity index (χ4v) is 6.32. The molecular weight excluding hydrogens is 512 g/mol. The largest absolute Gasteiger partial charge is 0.343 e. The summed E-state index contributed by atoms with van der Waals surface area (Å²) in [6.45, 7) is 5.34. The quantitative estimate of drug-likeness (QED) is 0.489. The van der Waals surface area contributed by atoms with Gasteiger partial charge in [0.25, 0.3) is 0 Å². The number of likely N-dealkylation sites (tertiary alicyclic amines) is 1. The minimum Gasteiger partial charge on any atom is -0.343 e. The van der Waals surface area contributed by atoms with Crippen LogP contribution in [0, 0.1) is 0 Å². The van der Waals surface area contributed by atoms with Crippen molar-refractivity contribution in [2.24, 2.45) is 0 Å². The monoisotopic (exact) mass is 542 g/mol. The average Bonchev–Trinajstić information content (AvgIpc) is 3.23. The van der Waals surface area contributed by atoms with Gasteiger partial charge in [0.2, 0.25) is 5.91 Å². The van der Waals surface area contributed by atoms with Gasteiger partial charge in [-0.2, -0.15) is 0 Å². The van der Waals surface area contributed by atoms with E-state index in [1.165, 1.54) is 6.26 Å². The Morgan fingerprint density at radius 2 is 1.86 bits per heavy atom. The van der Waals surface area contributed by atoms with Crippen molar-refractivity contribution in [1.29, 1.82) is 0 Å². The second-order valence-corrected chi connectivity index (χ2v) is 13.1. The lowest BCUT2D eigenvalue weighted by atomic mass is 9.75. The van der Waals surface area contributed by atoms with Gasteiger partial charge in [-0.25, -0.2) is 13.2 Å². The number of hydrogen-bond donors (Lipinski definition) is 1. The van der Waals surface area contributed by atoms with Gasteiger partial charge in [-0.3, -0.25) is 4.79 Å². The number of nitrogens with zero attached hydrogens (tertiary/aromatic N) is 3. The molecule has 0 unspecified atom stereocenters. The van der Waals surface area contributed by atoms with Crippen LogP contribution in [0.15, 0.2) is 48.5 Å². The van der Waals surface area contributed by atoms with Crippen LogP contribution in [-0.2, 0) is 33.1 Å². The molecule has 1 spiro atoms. The standard InChI is InChI=1S/C27H31ClN4O4S/c1-18(2)29-26(34)30-16-27(17-30)22-7-4-5-8-24(22)32(25(27)33)15-21-14-19-13-20(28)9-10-23(19)31(21)11-6-12-37(3,35)36/h4-5,7-10,13-14,18H,6,11-12,15-17H2,1-3H3,(H,29,34). The normalized spacial score (nSPS) is 16.5. The number of carbonyl (C=O) groups excluding carboxylic acids is 2. The molecule has 2 aliphatic heterocycles. The number of benzene rings is 2. The summed E-state index contributed by atoms with van der Waals surface area (Å²) in [5, 5.41) is 4.46. The van der Waals surface area contributed by atoms with Crippen LogP contribution >= 0.6 is 11.6 Å². The first-order chi connectivity index (χ1) is 17.5. The van der Waals surface area contributed by atoms with Crippen LogP contribution in [0.1, 0.15) is 31.5 Å². The maximum atomic E-state index is 13.9. The van der Waals surface area contributed by atoms with Crippen molar-refractivity contribution in [2.45, 2.75) is 44.8 Å².